The van der Waals surface area contributed by atoms with E-state index in [0.29, 0.717) is 0 Å². The maximum absolute atomic E-state index is 3.57. The molecule has 0 saturated carbocycles. The zero-order valence-electron chi connectivity index (χ0n) is 11.6. The molecule has 1 fully saturated rings. The fourth-order valence-electron chi connectivity index (χ4n) is 2.49. The number of aryl methyl sites for hydroxylation is 1. The van der Waals surface area contributed by atoms with Crippen molar-refractivity contribution in [2.24, 2.45) is 0 Å². The van der Waals surface area contributed by atoms with Crippen molar-refractivity contribution in [1.82, 2.24) is 10.2 Å². The molecule has 1 aromatic heterocycles. The summed E-state index contributed by atoms with van der Waals surface area (Å²) in [7, 11) is 0. The molecule has 0 radical (unpaired) electrons. The molecule has 2 unspecified atom stereocenters. The second-order valence-corrected chi connectivity index (χ2v) is 8.10. The van der Waals surface area contributed by atoms with Crippen LogP contribution in [0.15, 0.2) is 11.4 Å². The van der Waals surface area contributed by atoms with E-state index in [4.69, 9.17) is 0 Å². The molecule has 2 heterocycles. The van der Waals surface area contributed by atoms with Crippen LogP contribution in [0.25, 0.3) is 0 Å². The van der Waals surface area contributed by atoms with Crippen molar-refractivity contribution in [3.05, 3.63) is 21.9 Å². The van der Waals surface area contributed by atoms with Gasteiger partial charge in [-0.25, -0.2) is 0 Å². The zero-order chi connectivity index (χ0) is 13.0. The summed E-state index contributed by atoms with van der Waals surface area (Å²) in [5.74, 6) is 0. The molecule has 1 aromatic rings. The van der Waals surface area contributed by atoms with Crippen LogP contribution in [0.5, 0.6) is 0 Å². The monoisotopic (exact) mass is 284 g/mol. The molecule has 1 N–H and O–H groups in total. The smallest absolute Gasteiger partial charge is 0.0302 e. The molecule has 0 aromatic carbocycles. The first kappa shape index (κ1) is 14.4. The van der Waals surface area contributed by atoms with Crippen LogP contribution >= 0.6 is 23.1 Å². The number of thiophene rings is 1. The van der Waals surface area contributed by atoms with Gasteiger partial charge in [0.05, 0.1) is 0 Å². The van der Waals surface area contributed by atoms with Crippen molar-refractivity contribution >= 4 is 23.1 Å². The Morgan fingerprint density at radius 1 is 1.33 bits per heavy atom. The van der Waals surface area contributed by atoms with Crippen molar-refractivity contribution in [1.29, 1.82) is 0 Å². The number of nitrogens with one attached hydrogen (secondary N) is 1. The quantitative estimate of drug-likeness (QED) is 0.837. The number of thioether (sulfide) groups is 1. The highest BCUT2D eigenvalue weighted by Gasteiger charge is 2.21. The molecule has 1 aliphatic heterocycles. The van der Waals surface area contributed by atoms with E-state index in [1.807, 2.05) is 11.3 Å². The SMILES string of the molecule is Cc1ccsc1CNCCN1CC(C)SC(C)C1. The van der Waals surface area contributed by atoms with E-state index < -0.39 is 0 Å². The Kier molecular flexibility index (Phi) is 5.55. The van der Waals surface area contributed by atoms with Gasteiger partial charge < -0.3 is 5.32 Å². The zero-order valence-corrected chi connectivity index (χ0v) is 13.2. The van der Waals surface area contributed by atoms with Gasteiger partial charge in [0.25, 0.3) is 0 Å². The minimum absolute atomic E-state index is 0.785. The predicted molar refractivity (Wildman–Crippen MR) is 83.7 cm³/mol. The highest BCUT2D eigenvalue weighted by Crippen LogP contribution is 2.24. The molecule has 0 spiro atoms. The average molecular weight is 284 g/mol. The molecule has 2 rings (SSSR count). The Labute approximate surface area is 119 Å². The normalized spacial score (nSPS) is 25.5. The van der Waals surface area contributed by atoms with Crippen molar-refractivity contribution in [2.45, 2.75) is 37.8 Å². The van der Waals surface area contributed by atoms with Crippen LogP contribution in [-0.4, -0.2) is 41.6 Å². The summed E-state index contributed by atoms with van der Waals surface area (Å²) in [6.07, 6.45) is 0. The van der Waals surface area contributed by atoms with E-state index in [-0.39, 0.29) is 0 Å². The van der Waals surface area contributed by atoms with Crippen LogP contribution in [0.1, 0.15) is 24.3 Å². The number of hydrogen-bond acceptors (Lipinski definition) is 4. The van der Waals surface area contributed by atoms with Gasteiger partial charge in [0.15, 0.2) is 0 Å². The first-order valence-electron chi connectivity index (χ1n) is 6.76. The number of nitrogens with zero attached hydrogens (tertiary/aromatic N) is 1. The second kappa shape index (κ2) is 6.94. The molecule has 0 amide bonds. The predicted octanol–water partition coefficient (Wildman–Crippen LogP) is 2.97. The Balaban J connectivity index is 1.65. The Morgan fingerprint density at radius 3 is 2.67 bits per heavy atom. The highest BCUT2D eigenvalue weighted by molar-refractivity contribution is 8.00. The minimum atomic E-state index is 0.785. The van der Waals surface area contributed by atoms with Crippen LogP contribution in [0, 0.1) is 6.92 Å². The number of hydrogen-bond donors (Lipinski definition) is 1. The highest BCUT2D eigenvalue weighted by atomic mass is 32.2. The Morgan fingerprint density at radius 2 is 2.06 bits per heavy atom. The average Bonchev–Trinajstić information content (AvgIpc) is 2.69. The van der Waals surface area contributed by atoms with Crippen molar-refractivity contribution in [2.75, 3.05) is 26.2 Å². The lowest BCUT2D eigenvalue weighted by atomic mass is 10.3. The van der Waals surface area contributed by atoms with Crippen molar-refractivity contribution < 1.29 is 0 Å². The lowest BCUT2D eigenvalue weighted by Gasteiger charge is -2.34. The molecule has 102 valence electrons. The molecule has 0 aliphatic carbocycles. The van der Waals surface area contributed by atoms with Gasteiger partial charge in [-0.05, 0) is 23.9 Å². The van der Waals surface area contributed by atoms with Crippen LogP contribution in [0.4, 0.5) is 0 Å². The van der Waals surface area contributed by atoms with Gasteiger partial charge in [0.2, 0.25) is 0 Å². The topological polar surface area (TPSA) is 15.3 Å². The minimum Gasteiger partial charge on any atom is -0.311 e. The third-order valence-corrected chi connectivity index (χ3v) is 5.60. The van der Waals surface area contributed by atoms with Gasteiger partial charge in [-0.15, -0.1) is 11.3 Å². The largest absolute Gasteiger partial charge is 0.311 e. The third-order valence-electron chi connectivity index (χ3n) is 3.35. The maximum Gasteiger partial charge on any atom is 0.0302 e. The molecular formula is C14H24N2S2. The first-order chi connectivity index (χ1) is 8.65. The fourth-order valence-corrected chi connectivity index (χ4v) is 4.75. The van der Waals surface area contributed by atoms with E-state index in [9.17, 15) is 0 Å². The van der Waals surface area contributed by atoms with Gasteiger partial charge in [0, 0.05) is 48.1 Å². The molecule has 2 nitrogen and oxygen atoms in total. The summed E-state index contributed by atoms with van der Waals surface area (Å²) in [5.41, 5.74) is 1.42. The van der Waals surface area contributed by atoms with Gasteiger partial charge in [0.1, 0.15) is 0 Å². The van der Waals surface area contributed by atoms with E-state index in [1.165, 1.54) is 30.1 Å². The van der Waals surface area contributed by atoms with E-state index in [0.717, 1.165) is 23.6 Å². The van der Waals surface area contributed by atoms with E-state index in [2.05, 4.69) is 54.2 Å². The van der Waals surface area contributed by atoms with Gasteiger partial charge in [-0.1, -0.05) is 13.8 Å². The maximum atomic E-state index is 3.57. The van der Waals surface area contributed by atoms with Gasteiger partial charge in [-0.2, -0.15) is 11.8 Å². The fraction of sp³-hybridized carbons (Fsp3) is 0.714. The Hall–Kier alpha value is -0.0300. The summed E-state index contributed by atoms with van der Waals surface area (Å²) in [4.78, 5) is 4.08. The lowest BCUT2D eigenvalue weighted by Crippen LogP contribution is -2.43. The van der Waals surface area contributed by atoms with Gasteiger partial charge in [-0.3, -0.25) is 4.90 Å². The number of rotatable bonds is 5. The van der Waals surface area contributed by atoms with E-state index >= 15 is 0 Å². The van der Waals surface area contributed by atoms with E-state index in [1.54, 1.807) is 0 Å². The molecular weight excluding hydrogens is 260 g/mol. The third kappa shape index (κ3) is 4.26. The van der Waals surface area contributed by atoms with Crippen molar-refractivity contribution in [3.63, 3.8) is 0 Å². The summed E-state index contributed by atoms with van der Waals surface area (Å²) in [6.45, 7) is 12.7. The summed E-state index contributed by atoms with van der Waals surface area (Å²) >= 11 is 3.98. The van der Waals surface area contributed by atoms with Crippen LogP contribution in [-0.2, 0) is 6.54 Å². The molecule has 4 heteroatoms. The molecule has 1 aliphatic rings. The van der Waals surface area contributed by atoms with Gasteiger partial charge >= 0.3 is 0 Å². The first-order valence-corrected chi connectivity index (χ1v) is 8.59. The summed E-state index contributed by atoms with van der Waals surface area (Å²) in [5, 5.41) is 7.32. The summed E-state index contributed by atoms with van der Waals surface area (Å²) in [6, 6.07) is 2.20. The second-order valence-electron chi connectivity index (χ2n) is 5.22. The van der Waals surface area contributed by atoms with Crippen molar-refractivity contribution in [3.8, 4) is 0 Å². The molecule has 2 atom stereocenters. The molecule has 18 heavy (non-hydrogen) atoms. The standard InChI is InChI=1S/C14H24N2S2/c1-11-4-7-17-14(11)8-15-5-6-16-9-12(2)18-13(3)10-16/h4,7,12-13,15H,5-6,8-10H2,1-3H3. The summed E-state index contributed by atoms with van der Waals surface area (Å²) < 4.78 is 0. The van der Waals surface area contributed by atoms with Crippen LogP contribution < -0.4 is 5.32 Å². The molecule has 0 bridgehead atoms. The molecule has 1 saturated heterocycles. The lowest BCUT2D eigenvalue weighted by molar-refractivity contribution is 0.270. The van der Waals surface area contributed by atoms with Crippen LogP contribution in [0.2, 0.25) is 0 Å². The van der Waals surface area contributed by atoms with Crippen LogP contribution in [0.3, 0.4) is 0 Å². The Bertz CT molecular complexity index is 354.